The van der Waals surface area contributed by atoms with Gasteiger partial charge in [0, 0.05) is 6.54 Å². The first-order valence-corrected chi connectivity index (χ1v) is 7.67. The van der Waals surface area contributed by atoms with E-state index in [1.165, 1.54) is 0 Å². The van der Waals surface area contributed by atoms with E-state index in [-0.39, 0.29) is 5.92 Å². The molecule has 0 spiro atoms. The zero-order valence-corrected chi connectivity index (χ0v) is 13.6. The van der Waals surface area contributed by atoms with Gasteiger partial charge in [-0.1, -0.05) is 60.7 Å². The Labute approximate surface area is 138 Å². The number of nitriles is 2. The first-order chi connectivity index (χ1) is 11.1. The van der Waals surface area contributed by atoms with Gasteiger partial charge in [-0.15, -0.1) is 0 Å². The lowest BCUT2D eigenvalue weighted by Gasteiger charge is -2.32. The molecule has 0 saturated carbocycles. The van der Waals surface area contributed by atoms with Crippen LogP contribution in [0.2, 0.25) is 0 Å². The van der Waals surface area contributed by atoms with Gasteiger partial charge >= 0.3 is 0 Å². The highest BCUT2D eigenvalue weighted by atomic mass is 15.1. The highest BCUT2D eigenvalue weighted by Gasteiger charge is 2.36. The molecule has 0 aliphatic heterocycles. The van der Waals surface area contributed by atoms with Gasteiger partial charge < -0.3 is 4.90 Å². The van der Waals surface area contributed by atoms with Crippen LogP contribution in [0.5, 0.6) is 0 Å². The Kier molecular flexibility index (Phi) is 5.52. The third kappa shape index (κ3) is 3.97. The molecule has 0 saturated heterocycles. The summed E-state index contributed by atoms with van der Waals surface area (Å²) in [4.78, 5) is 2.01. The van der Waals surface area contributed by atoms with Crippen LogP contribution in [0.25, 0.3) is 0 Å². The van der Waals surface area contributed by atoms with E-state index in [4.69, 9.17) is 0 Å². The van der Waals surface area contributed by atoms with Crippen LogP contribution in [-0.4, -0.2) is 25.5 Å². The molecule has 0 amide bonds. The summed E-state index contributed by atoms with van der Waals surface area (Å²) in [5.41, 5.74) is 1.22. The summed E-state index contributed by atoms with van der Waals surface area (Å²) in [5, 5.41) is 19.6. The van der Waals surface area contributed by atoms with E-state index in [1.54, 1.807) is 0 Å². The number of hydrogen-bond donors (Lipinski definition) is 0. The average Bonchev–Trinajstić information content (AvgIpc) is 2.60. The van der Waals surface area contributed by atoms with E-state index in [0.29, 0.717) is 13.0 Å². The zero-order valence-electron chi connectivity index (χ0n) is 13.6. The van der Waals surface area contributed by atoms with Crippen LogP contribution in [-0.2, 0) is 5.41 Å². The largest absolute Gasteiger partial charge is 0.307 e. The van der Waals surface area contributed by atoms with Gasteiger partial charge in [-0.3, -0.25) is 0 Å². The summed E-state index contributed by atoms with van der Waals surface area (Å²) < 4.78 is 0. The smallest absolute Gasteiger partial charge is 0.0964 e. The van der Waals surface area contributed by atoms with E-state index >= 15 is 0 Å². The fourth-order valence-corrected chi connectivity index (χ4v) is 2.99. The minimum absolute atomic E-state index is 0.309. The maximum atomic E-state index is 9.98. The van der Waals surface area contributed by atoms with Gasteiger partial charge in [0.1, 0.15) is 0 Å². The highest BCUT2D eigenvalue weighted by molar-refractivity contribution is 5.36. The van der Waals surface area contributed by atoms with Crippen LogP contribution in [0.1, 0.15) is 23.5 Å². The molecule has 0 unspecified atom stereocenters. The van der Waals surface area contributed by atoms with Crippen LogP contribution < -0.4 is 0 Å². The second-order valence-electron chi connectivity index (χ2n) is 6.09. The van der Waals surface area contributed by atoms with E-state index in [0.717, 1.165) is 11.1 Å². The van der Waals surface area contributed by atoms with Crippen molar-refractivity contribution in [2.45, 2.75) is 17.8 Å². The van der Waals surface area contributed by atoms with E-state index in [2.05, 4.69) is 12.1 Å². The SMILES string of the molecule is CN(C)C[C@](C#N)(C[C@H](C#N)c1ccccc1)c1ccccc1. The number of likely N-dealkylation sites (N-methyl/N-ethyl adjacent to an activating group) is 1. The van der Waals surface area contributed by atoms with Crippen molar-refractivity contribution >= 4 is 0 Å². The van der Waals surface area contributed by atoms with Crippen molar-refractivity contribution in [1.82, 2.24) is 4.90 Å². The highest BCUT2D eigenvalue weighted by Crippen LogP contribution is 2.35. The third-order valence-electron chi connectivity index (χ3n) is 4.04. The molecule has 0 radical (unpaired) electrons. The van der Waals surface area contributed by atoms with Crippen LogP contribution >= 0.6 is 0 Å². The van der Waals surface area contributed by atoms with Crippen LogP contribution in [0.15, 0.2) is 60.7 Å². The zero-order chi connectivity index (χ0) is 16.7. The van der Waals surface area contributed by atoms with Crippen molar-refractivity contribution in [1.29, 1.82) is 10.5 Å². The third-order valence-corrected chi connectivity index (χ3v) is 4.04. The number of nitrogens with zero attached hydrogens (tertiary/aromatic N) is 3. The summed E-state index contributed by atoms with van der Waals surface area (Å²) >= 11 is 0. The van der Waals surface area contributed by atoms with E-state index in [9.17, 15) is 10.5 Å². The molecule has 0 N–H and O–H groups in total. The van der Waals surface area contributed by atoms with E-state index < -0.39 is 5.41 Å². The molecule has 3 nitrogen and oxygen atoms in total. The lowest BCUT2D eigenvalue weighted by atomic mass is 9.73. The Bertz CT molecular complexity index is 695. The average molecular weight is 303 g/mol. The molecular formula is C20H21N3. The summed E-state index contributed by atoms with van der Waals surface area (Å²) in [6.07, 6.45) is 0.478. The lowest BCUT2D eigenvalue weighted by Crippen LogP contribution is -2.38. The van der Waals surface area contributed by atoms with Crippen molar-refractivity contribution in [3.05, 3.63) is 71.8 Å². The van der Waals surface area contributed by atoms with Crippen molar-refractivity contribution < 1.29 is 0 Å². The fraction of sp³-hybridized carbons (Fsp3) is 0.300. The molecule has 23 heavy (non-hydrogen) atoms. The Morgan fingerprint density at radius 1 is 0.957 bits per heavy atom. The minimum Gasteiger partial charge on any atom is -0.307 e. The molecular weight excluding hydrogens is 282 g/mol. The molecule has 2 aromatic rings. The topological polar surface area (TPSA) is 50.8 Å². The Hall–Kier alpha value is -2.62. The summed E-state index contributed by atoms with van der Waals surface area (Å²) in [7, 11) is 3.91. The van der Waals surface area contributed by atoms with Gasteiger partial charge in [0.2, 0.25) is 0 Å². The standard InChI is InChI=1S/C20H21N3/c1-23(2)16-20(15-22,19-11-7-4-8-12-19)13-18(14-21)17-9-5-3-6-10-17/h3-12,18H,13,16H2,1-2H3/t18-,20-/m1/s1. The molecule has 2 aromatic carbocycles. The van der Waals surface area contributed by atoms with Gasteiger partial charge in [-0.25, -0.2) is 0 Å². The molecule has 116 valence electrons. The first kappa shape index (κ1) is 16.7. The molecule has 2 rings (SSSR count). The Balaban J connectivity index is 2.42. The Morgan fingerprint density at radius 3 is 2.00 bits per heavy atom. The second kappa shape index (κ2) is 7.58. The predicted molar refractivity (Wildman–Crippen MR) is 91.7 cm³/mol. The fourth-order valence-electron chi connectivity index (χ4n) is 2.99. The Morgan fingerprint density at radius 2 is 1.52 bits per heavy atom. The quantitative estimate of drug-likeness (QED) is 0.817. The van der Waals surface area contributed by atoms with Crippen LogP contribution in [0, 0.1) is 22.7 Å². The molecule has 0 aliphatic carbocycles. The van der Waals surface area contributed by atoms with Gasteiger partial charge in [-0.2, -0.15) is 10.5 Å². The van der Waals surface area contributed by atoms with Crippen molar-refractivity contribution in [2.75, 3.05) is 20.6 Å². The lowest BCUT2D eigenvalue weighted by molar-refractivity contribution is 0.310. The monoisotopic (exact) mass is 303 g/mol. The molecule has 3 heteroatoms. The predicted octanol–water partition coefficient (Wildman–Crippen LogP) is 3.71. The number of hydrogen-bond acceptors (Lipinski definition) is 3. The maximum Gasteiger partial charge on any atom is 0.0964 e. The van der Waals surface area contributed by atoms with E-state index in [1.807, 2.05) is 79.7 Å². The van der Waals surface area contributed by atoms with Gasteiger partial charge in [0.25, 0.3) is 0 Å². The van der Waals surface area contributed by atoms with Crippen molar-refractivity contribution in [2.24, 2.45) is 0 Å². The summed E-state index contributed by atoms with van der Waals surface area (Å²) in [6.45, 7) is 0.582. The first-order valence-electron chi connectivity index (χ1n) is 7.67. The van der Waals surface area contributed by atoms with Gasteiger partial charge in [0.05, 0.1) is 23.5 Å². The van der Waals surface area contributed by atoms with Crippen molar-refractivity contribution in [3.63, 3.8) is 0 Å². The molecule has 0 aromatic heterocycles. The molecule has 0 heterocycles. The normalized spacial score (nSPS) is 14.5. The molecule has 0 bridgehead atoms. The molecule has 2 atom stereocenters. The summed E-state index contributed by atoms with van der Waals surface area (Å²) in [6, 6.07) is 24.4. The van der Waals surface area contributed by atoms with Gasteiger partial charge in [-0.05, 0) is 31.6 Å². The molecule has 0 aliphatic rings. The minimum atomic E-state index is -0.707. The maximum absolute atomic E-state index is 9.98. The van der Waals surface area contributed by atoms with Crippen molar-refractivity contribution in [3.8, 4) is 12.1 Å². The second-order valence-corrected chi connectivity index (χ2v) is 6.09. The molecule has 0 fully saturated rings. The summed E-state index contributed by atoms with van der Waals surface area (Å²) in [5.74, 6) is -0.309. The number of rotatable bonds is 6. The van der Waals surface area contributed by atoms with Gasteiger partial charge in [0.15, 0.2) is 0 Å². The van der Waals surface area contributed by atoms with Crippen LogP contribution in [0.4, 0.5) is 0 Å². The van der Waals surface area contributed by atoms with Crippen LogP contribution in [0.3, 0.4) is 0 Å². The number of benzene rings is 2.